The van der Waals surface area contributed by atoms with Crippen molar-refractivity contribution in [3.05, 3.63) is 65.5 Å². The molecule has 0 aromatic heterocycles. The van der Waals surface area contributed by atoms with Crippen molar-refractivity contribution >= 4 is 41.5 Å². The standard InChI is InChI=1S/C25H33FN4O2.HI/c1-4-27-24(29-17-25(2,3)19-9-6-10-20(26)15-19)28-16-18-8-5-11-21(14-18)30-23(31)22-12-7-13-32-22;/h5-6,8-11,14-15,22H,4,7,12-13,16-17H2,1-3H3,(H,30,31)(H2,27,28,29);1H. The Morgan fingerprint density at radius 1 is 1.18 bits per heavy atom. The van der Waals surface area contributed by atoms with E-state index in [1.807, 2.05) is 37.3 Å². The van der Waals surface area contributed by atoms with Crippen LogP contribution in [-0.4, -0.2) is 37.7 Å². The first-order chi connectivity index (χ1) is 15.4. The lowest BCUT2D eigenvalue weighted by Gasteiger charge is -2.27. The molecule has 1 amide bonds. The van der Waals surface area contributed by atoms with Gasteiger partial charge in [-0.3, -0.25) is 4.79 Å². The number of nitrogens with zero attached hydrogens (tertiary/aromatic N) is 1. The van der Waals surface area contributed by atoms with Crippen molar-refractivity contribution in [3.8, 4) is 0 Å². The van der Waals surface area contributed by atoms with E-state index in [9.17, 15) is 9.18 Å². The van der Waals surface area contributed by atoms with Gasteiger partial charge in [-0.05, 0) is 55.2 Å². The summed E-state index contributed by atoms with van der Waals surface area (Å²) in [5, 5.41) is 9.54. The number of halogens is 2. The predicted octanol–water partition coefficient (Wildman–Crippen LogP) is 4.59. The van der Waals surface area contributed by atoms with Gasteiger partial charge in [0.1, 0.15) is 11.9 Å². The van der Waals surface area contributed by atoms with Crippen LogP contribution >= 0.6 is 24.0 Å². The maximum Gasteiger partial charge on any atom is 0.253 e. The third-order valence-corrected chi connectivity index (χ3v) is 5.48. The van der Waals surface area contributed by atoms with Crippen molar-refractivity contribution < 1.29 is 13.9 Å². The van der Waals surface area contributed by atoms with Crippen molar-refractivity contribution in [2.45, 2.75) is 51.7 Å². The van der Waals surface area contributed by atoms with Crippen LogP contribution in [0.4, 0.5) is 10.1 Å². The van der Waals surface area contributed by atoms with Gasteiger partial charge in [-0.1, -0.05) is 38.1 Å². The van der Waals surface area contributed by atoms with E-state index in [1.54, 1.807) is 12.1 Å². The summed E-state index contributed by atoms with van der Waals surface area (Å²) in [5.74, 6) is 0.353. The minimum atomic E-state index is -0.359. The van der Waals surface area contributed by atoms with E-state index in [4.69, 9.17) is 4.74 Å². The van der Waals surface area contributed by atoms with Gasteiger partial charge in [0.15, 0.2) is 5.96 Å². The van der Waals surface area contributed by atoms with Crippen LogP contribution in [0.5, 0.6) is 0 Å². The van der Waals surface area contributed by atoms with Crippen LogP contribution in [0.3, 0.4) is 0 Å². The van der Waals surface area contributed by atoms with Crippen LogP contribution in [0.2, 0.25) is 0 Å². The minimum absolute atomic E-state index is 0. The Balaban J connectivity index is 0.00000385. The molecule has 6 nitrogen and oxygen atoms in total. The number of ether oxygens (including phenoxy) is 1. The third kappa shape index (κ3) is 8.26. The van der Waals surface area contributed by atoms with E-state index in [0.717, 1.165) is 36.2 Å². The quantitative estimate of drug-likeness (QED) is 0.248. The zero-order valence-corrected chi connectivity index (χ0v) is 21.8. The Labute approximate surface area is 212 Å². The number of nitrogens with one attached hydrogen (secondary N) is 3. The molecule has 0 aliphatic carbocycles. The lowest BCUT2D eigenvalue weighted by atomic mass is 9.84. The fraction of sp³-hybridized carbons (Fsp3) is 0.440. The lowest BCUT2D eigenvalue weighted by molar-refractivity contribution is -0.124. The van der Waals surface area contributed by atoms with Crippen LogP contribution < -0.4 is 16.0 Å². The Kier molecular flexibility index (Phi) is 10.6. The molecule has 1 heterocycles. The largest absolute Gasteiger partial charge is 0.368 e. The summed E-state index contributed by atoms with van der Waals surface area (Å²) in [5.41, 5.74) is 2.38. The van der Waals surface area contributed by atoms with E-state index in [0.29, 0.717) is 25.7 Å². The van der Waals surface area contributed by atoms with Crippen molar-refractivity contribution in [2.24, 2.45) is 4.99 Å². The van der Waals surface area contributed by atoms with E-state index in [1.165, 1.54) is 6.07 Å². The highest BCUT2D eigenvalue weighted by Crippen LogP contribution is 2.23. The molecule has 1 saturated heterocycles. The van der Waals surface area contributed by atoms with Crippen molar-refractivity contribution in [2.75, 3.05) is 25.0 Å². The molecular formula is C25H34FIN4O2. The fourth-order valence-electron chi connectivity index (χ4n) is 3.58. The van der Waals surface area contributed by atoms with E-state index >= 15 is 0 Å². The van der Waals surface area contributed by atoms with E-state index in [2.05, 4.69) is 34.8 Å². The molecule has 0 bridgehead atoms. The number of hydrogen-bond donors (Lipinski definition) is 3. The van der Waals surface area contributed by atoms with Gasteiger partial charge in [0.05, 0.1) is 6.54 Å². The Morgan fingerprint density at radius 3 is 2.67 bits per heavy atom. The number of carbonyl (C=O) groups is 1. The molecule has 1 atom stereocenters. The first kappa shape index (κ1) is 27.0. The van der Waals surface area contributed by atoms with Gasteiger partial charge in [-0.15, -0.1) is 24.0 Å². The molecule has 1 fully saturated rings. The van der Waals surface area contributed by atoms with Crippen LogP contribution in [0.25, 0.3) is 0 Å². The van der Waals surface area contributed by atoms with Crippen LogP contribution in [0.15, 0.2) is 53.5 Å². The highest BCUT2D eigenvalue weighted by atomic mass is 127. The number of benzene rings is 2. The van der Waals surface area contributed by atoms with E-state index < -0.39 is 0 Å². The number of hydrogen-bond acceptors (Lipinski definition) is 3. The summed E-state index contributed by atoms with van der Waals surface area (Å²) in [6, 6.07) is 14.4. The summed E-state index contributed by atoms with van der Waals surface area (Å²) >= 11 is 0. The Hall–Kier alpha value is -2.20. The molecule has 0 radical (unpaired) electrons. The van der Waals surface area contributed by atoms with Gasteiger partial charge < -0.3 is 20.7 Å². The molecule has 0 saturated carbocycles. The summed E-state index contributed by atoms with van der Waals surface area (Å²) in [6.45, 7) is 8.57. The minimum Gasteiger partial charge on any atom is -0.368 e. The molecule has 2 aromatic rings. The van der Waals surface area contributed by atoms with Crippen molar-refractivity contribution in [1.29, 1.82) is 0 Å². The van der Waals surface area contributed by atoms with E-state index in [-0.39, 0.29) is 47.2 Å². The van der Waals surface area contributed by atoms with Gasteiger partial charge in [0.2, 0.25) is 0 Å². The maximum absolute atomic E-state index is 13.6. The number of rotatable bonds is 8. The number of guanidine groups is 1. The predicted molar refractivity (Wildman–Crippen MR) is 142 cm³/mol. The van der Waals surface area contributed by atoms with Crippen molar-refractivity contribution in [1.82, 2.24) is 10.6 Å². The number of anilines is 1. The molecule has 1 unspecified atom stereocenters. The molecule has 1 aliphatic rings. The molecule has 1 aliphatic heterocycles. The summed E-state index contributed by atoms with van der Waals surface area (Å²) in [6.07, 6.45) is 1.32. The smallest absolute Gasteiger partial charge is 0.253 e. The first-order valence-corrected chi connectivity index (χ1v) is 11.2. The normalized spacial score (nSPS) is 16.1. The molecule has 8 heteroatoms. The summed E-state index contributed by atoms with van der Waals surface area (Å²) in [4.78, 5) is 17.0. The topological polar surface area (TPSA) is 74.8 Å². The molecule has 2 aromatic carbocycles. The molecule has 180 valence electrons. The zero-order valence-electron chi connectivity index (χ0n) is 19.5. The molecule has 0 spiro atoms. The second kappa shape index (κ2) is 12.9. The van der Waals surface area contributed by atoms with Crippen LogP contribution in [-0.2, 0) is 21.5 Å². The second-order valence-electron chi connectivity index (χ2n) is 8.63. The van der Waals surface area contributed by atoms with Gasteiger partial charge in [0.25, 0.3) is 5.91 Å². The van der Waals surface area contributed by atoms with Gasteiger partial charge in [0, 0.05) is 30.8 Å². The van der Waals surface area contributed by atoms with Gasteiger partial charge in [-0.25, -0.2) is 9.38 Å². The Bertz CT molecular complexity index is 946. The van der Waals surface area contributed by atoms with Crippen molar-refractivity contribution in [3.63, 3.8) is 0 Å². The SMILES string of the molecule is CCNC(=NCc1cccc(NC(=O)C2CCCO2)c1)NCC(C)(C)c1cccc(F)c1.I. The molecule has 3 N–H and O–H groups in total. The van der Waals surface area contributed by atoms with Crippen LogP contribution in [0.1, 0.15) is 44.7 Å². The van der Waals surface area contributed by atoms with Gasteiger partial charge >= 0.3 is 0 Å². The Morgan fingerprint density at radius 2 is 1.97 bits per heavy atom. The second-order valence-corrected chi connectivity index (χ2v) is 8.63. The van der Waals surface area contributed by atoms with Gasteiger partial charge in [-0.2, -0.15) is 0 Å². The number of carbonyl (C=O) groups excluding carboxylic acids is 1. The maximum atomic E-state index is 13.6. The monoisotopic (exact) mass is 568 g/mol. The number of amides is 1. The lowest BCUT2D eigenvalue weighted by Crippen LogP contribution is -2.43. The molecule has 3 rings (SSSR count). The third-order valence-electron chi connectivity index (χ3n) is 5.48. The summed E-state index contributed by atoms with van der Waals surface area (Å²) < 4.78 is 19.1. The average molecular weight is 568 g/mol. The highest BCUT2D eigenvalue weighted by molar-refractivity contribution is 14.0. The highest BCUT2D eigenvalue weighted by Gasteiger charge is 2.23. The molecule has 33 heavy (non-hydrogen) atoms. The molecular weight excluding hydrogens is 534 g/mol. The zero-order chi connectivity index (χ0) is 23.0. The number of aliphatic imine (C=N–C) groups is 1. The first-order valence-electron chi connectivity index (χ1n) is 11.2. The fourth-order valence-corrected chi connectivity index (χ4v) is 3.58. The summed E-state index contributed by atoms with van der Waals surface area (Å²) in [7, 11) is 0. The average Bonchev–Trinajstić information content (AvgIpc) is 3.31. The van der Waals surface area contributed by atoms with Crippen LogP contribution in [0, 0.1) is 5.82 Å².